The molecule has 1 aliphatic rings. The summed E-state index contributed by atoms with van der Waals surface area (Å²) in [5.41, 5.74) is 2.12. The van der Waals surface area contributed by atoms with Gasteiger partial charge in [0.05, 0.1) is 0 Å². The molecule has 0 aromatic carbocycles. The van der Waals surface area contributed by atoms with Crippen molar-refractivity contribution in [3.05, 3.63) is 23.3 Å². The van der Waals surface area contributed by atoms with E-state index in [9.17, 15) is 4.79 Å². The van der Waals surface area contributed by atoms with Crippen LogP contribution < -0.4 is 0 Å². The summed E-state index contributed by atoms with van der Waals surface area (Å²) in [5.74, 6) is -0.848. The summed E-state index contributed by atoms with van der Waals surface area (Å²) in [6.07, 6.45) is 8.01. The van der Waals surface area contributed by atoms with Crippen molar-refractivity contribution in [2.24, 2.45) is 0 Å². The van der Waals surface area contributed by atoms with E-state index < -0.39 is 5.97 Å². The van der Waals surface area contributed by atoms with Crippen LogP contribution in [0.15, 0.2) is 23.3 Å². The Balaban J connectivity index is 2.68. The van der Waals surface area contributed by atoms with Gasteiger partial charge in [-0.2, -0.15) is 0 Å². The molecule has 0 saturated heterocycles. The average molecular weight is 166 g/mol. The second-order valence-electron chi connectivity index (χ2n) is 3.14. The highest BCUT2D eigenvalue weighted by molar-refractivity contribution is 5.81. The Hall–Kier alpha value is -1.05. The van der Waals surface area contributed by atoms with Gasteiger partial charge in [-0.15, -0.1) is 0 Å². The first-order chi connectivity index (χ1) is 5.70. The highest BCUT2D eigenvalue weighted by Crippen LogP contribution is 2.23. The zero-order chi connectivity index (χ0) is 8.97. The van der Waals surface area contributed by atoms with E-state index in [2.05, 4.69) is 6.08 Å². The highest BCUT2D eigenvalue weighted by Gasteiger charge is 2.05. The number of carbonyl (C=O) groups is 1. The maximum absolute atomic E-state index is 10.3. The molecule has 1 N–H and O–H groups in total. The van der Waals surface area contributed by atoms with E-state index >= 15 is 0 Å². The van der Waals surface area contributed by atoms with Gasteiger partial charge in [-0.3, -0.25) is 0 Å². The third kappa shape index (κ3) is 2.53. The first-order valence-electron chi connectivity index (χ1n) is 4.31. The number of hydrogen-bond acceptors (Lipinski definition) is 1. The van der Waals surface area contributed by atoms with Crippen LogP contribution in [0, 0.1) is 0 Å². The van der Waals surface area contributed by atoms with Gasteiger partial charge < -0.3 is 5.11 Å². The van der Waals surface area contributed by atoms with E-state index in [-0.39, 0.29) is 0 Å². The van der Waals surface area contributed by atoms with Crippen LogP contribution in [0.5, 0.6) is 0 Å². The summed E-state index contributed by atoms with van der Waals surface area (Å²) in [5, 5.41) is 8.51. The summed E-state index contributed by atoms with van der Waals surface area (Å²) in [6, 6.07) is 0. The van der Waals surface area contributed by atoms with Gasteiger partial charge >= 0.3 is 5.97 Å². The maximum Gasteiger partial charge on any atom is 0.328 e. The summed E-state index contributed by atoms with van der Waals surface area (Å²) >= 11 is 0. The Morgan fingerprint density at radius 1 is 1.58 bits per heavy atom. The van der Waals surface area contributed by atoms with E-state index in [4.69, 9.17) is 5.11 Å². The van der Waals surface area contributed by atoms with Gasteiger partial charge in [0.25, 0.3) is 0 Å². The Morgan fingerprint density at radius 2 is 2.33 bits per heavy atom. The molecule has 0 aliphatic heterocycles. The molecule has 0 unspecified atom stereocenters. The largest absolute Gasteiger partial charge is 0.478 e. The molecule has 12 heavy (non-hydrogen) atoms. The zero-order valence-electron chi connectivity index (χ0n) is 7.34. The highest BCUT2D eigenvalue weighted by atomic mass is 16.4. The number of hydrogen-bond donors (Lipinski definition) is 1. The molecule has 66 valence electrons. The molecule has 0 atom stereocenters. The lowest BCUT2D eigenvalue weighted by Crippen LogP contribution is -1.96. The molecule has 0 bridgehead atoms. The van der Waals surface area contributed by atoms with Crippen LogP contribution in [-0.2, 0) is 4.79 Å². The molecular formula is C10H14O2. The fourth-order valence-corrected chi connectivity index (χ4v) is 1.47. The average Bonchev–Trinajstić information content (AvgIpc) is 2.05. The molecule has 0 radical (unpaired) electrons. The normalized spacial score (nSPS) is 18.8. The van der Waals surface area contributed by atoms with Gasteiger partial charge in [-0.25, -0.2) is 4.79 Å². The van der Waals surface area contributed by atoms with Crippen molar-refractivity contribution >= 4 is 5.97 Å². The van der Waals surface area contributed by atoms with Crippen LogP contribution in [-0.4, -0.2) is 11.1 Å². The predicted molar refractivity (Wildman–Crippen MR) is 47.9 cm³/mol. The molecule has 1 rings (SSSR count). The topological polar surface area (TPSA) is 37.3 Å². The van der Waals surface area contributed by atoms with Gasteiger partial charge in [0.2, 0.25) is 0 Å². The number of carboxylic acid groups (broad SMARTS) is 1. The third-order valence-electron chi connectivity index (χ3n) is 2.14. The van der Waals surface area contributed by atoms with Crippen molar-refractivity contribution < 1.29 is 9.90 Å². The minimum absolute atomic E-state index is 0.848. The second kappa shape index (κ2) is 4.10. The van der Waals surface area contributed by atoms with Gasteiger partial charge in [0.15, 0.2) is 0 Å². The summed E-state index contributed by atoms with van der Waals surface area (Å²) < 4.78 is 0. The zero-order valence-corrected chi connectivity index (χ0v) is 7.34. The van der Waals surface area contributed by atoms with E-state index in [1.165, 1.54) is 24.5 Å². The van der Waals surface area contributed by atoms with E-state index in [0.717, 1.165) is 18.4 Å². The van der Waals surface area contributed by atoms with Crippen molar-refractivity contribution in [1.29, 1.82) is 0 Å². The second-order valence-corrected chi connectivity index (χ2v) is 3.14. The molecule has 0 saturated carbocycles. The molecule has 0 heterocycles. The fourth-order valence-electron chi connectivity index (χ4n) is 1.47. The molecule has 0 aromatic rings. The van der Waals surface area contributed by atoms with Crippen LogP contribution >= 0.6 is 0 Å². The number of carboxylic acids is 1. The lowest BCUT2D eigenvalue weighted by molar-refractivity contribution is -0.131. The first-order valence-corrected chi connectivity index (χ1v) is 4.31. The van der Waals surface area contributed by atoms with Crippen LogP contribution in [0.2, 0.25) is 0 Å². The Morgan fingerprint density at radius 3 is 2.83 bits per heavy atom. The van der Waals surface area contributed by atoms with E-state index in [0.29, 0.717) is 0 Å². The van der Waals surface area contributed by atoms with E-state index in [1.807, 2.05) is 6.92 Å². The Bertz CT molecular complexity index is 236. The Labute approximate surface area is 72.6 Å². The van der Waals surface area contributed by atoms with Gasteiger partial charge in [-0.05, 0) is 43.8 Å². The van der Waals surface area contributed by atoms with Crippen LogP contribution in [0.25, 0.3) is 0 Å². The number of allylic oxidation sites excluding steroid dienone is 3. The van der Waals surface area contributed by atoms with Crippen LogP contribution in [0.4, 0.5) is 0 Å². The van der Waals surface area contributed by atoms with Gasteiger partial charge in [0.1, 0.15) is 0 Å². The third-order valence-corrected chi connectivity index (χ3v) is 2.14. The molecule has 1 aliphatic carbocycles. The fraction of sp³-hybridized carbons (Fsp3) is 0.500. The summed E-state index contributed by atoms with van der Waals surface area (Å²) in [7, 11) is 0. The quantitative estimate of drug-likeness (QED) is 0.640. The molecule has 0 amide bonds. The van der Waals surface area contributed by atoms with Crippen molar-refractivity contribution in [2.45, 2.75) is 32.6 Å². The first kappa shape index (κ1) is 9.04. The van der Waals surface area contributed by atoms with Crippen molar-refractivity contribution in [3.8, 4) is 0 Å². The molecule has 0 aromatic heterocycles. The lowest BCUT2D eigenvalue weighted by atomic mass is 9.94. The standard InChI is InChI=1S/C10H14O2/c1-8(7-10(11)12)9-5-3-2-4-6-9/h5,7H,2-4,6H2,1H3,(H,11,12)/b8-7+. The smallest absolute Gasteiger partial charge is 0.328 e. The van der Waals surface area contributed by atoms with Crippen molar-refractivity contribution in [3.63, 3.8) is 0 Å². The number of aliphatic carboxylic acids is 1. The molecular weight excluding hydrogens is 152 g/mol. The lowest BCUT2D eigenvalue weighted by Gasteiger charge is -2.12. The van der Waals surface area contributed by atoms with Crippen molar-refractivity contribution in [2.75, 3.05) is 0 Å². The Kier molecular flexibility index (Phi) is 3.09. The monoisotopic (exact) mass is 166 g/mol. The van der Waals surface area contributed by atoms with Gasteiger partial charge in [-0.1, -0.05) is 6.08 Å². The summed E-state index contributed by atoms with van der Waals surface area (Å²) in [6.45, 7) is 1.87. The summed E-state index contributed by atoms with van der Waals surface area (Å²) in [4.78, 5) is 10.3. The molecule has 2 nitrogen and oxygen atoms in total. The number of rotatable bonds is 2. The van der Waals surface area contributed by atoms with Crippen LogP contribution in [0.3, 0.4) is 0 Å². The molecule has 2 heteroatoms. The predicted octanol–water partition coefficient (Wildman–Crippen LogP) is 2.52. The van der Waals surface area contributed by atoms with Crippen LogP contribution in [0.1, 0.15) is 32.6 Å². The van der Waals surface area contributed by atoms with Gasteiger partial charge in [0, 0.05) is 6.08 Å². The van der Waals surface area contributed by atoms with E-state index in [1.54, 1.807) is 0 Å². The molecule has 0 spiro atoms. The minimum atomic E-state index is -0.848. The minimum Gasteiger partial charge on any atom is -0.478 e. The molecule has 0 fully saturated rings. The maximum atomic E-state index is 10.3. The SMILES string of the molecule is C/C(=C\C(=O)O)C1=CCCCC1. The van der Waals surface area contributed by atoms with Crippen molar-refractivity contribution in [1.82, 2.24) is 0 Å².